The standard InChI is InChI=1S/C19H21FN4O/c20-17-6-2-1-5-16(17)14-24-11-8-15(9-12-24)13-22-23-19(25)18-7-3-4-10-21-18/h1-7,10,13,15H,8-9,11-12,14H2,(H,23,25)/b22-13+. The van der Waals surface area contributed by atoms with Gasteiger partial charge in [-0.3, -0.25) is 14.7 Å². The highest BCUT2D eigenvalue weighted by Crippen LogP contribution is 2.18. The van der Waals surface area contributed by atoms with E-state index in [9.17, 15) is 9.18 Å². The van der Waals surface area contributed by atoms with Crippen molar-refractivity contribution in [2.24, 2.45) is 11.0 Å². The summed E-state index contributed by atoms with van der Waals surface area (Å²) >= 11 is 0. The number of pyridine rings is 1. The van der Waals surface area contributed by atoms with E-state index in [2.05, 4.69) is 20.4 Å². The van der Waals surface area contributed by atoms with Gasteiger partial charge in [-0.15, -0.1) is 0 Å². The Balaban J connectivity index is 1.43. The van der Waals surface area contributed by atoms with Crippen LogP contribution in [0.3, 0.4) is 0 Å². The Labute approximate surface area is 146 Å². The maximum atomic E-state index is 13.7. The third kappa shape index (κ3) is 4.93. The summed E-state index contributed by atoms with van der Waals surface area (Å²) < 4.78 is 13.7. The highest BCUT2D eigenvalue weighted by atomic mass is 19.1. The Bertz CT molecular complexity index is 727. The van der Waals surface area contributed by atoms with Crippen LogP contribution in [0.5, 0.6) is 0 Å². The Morgan fingerprint density at radius 3 is 2.72 bits per heavy atom. The van der Waals surface area contributed by atoms with E-state index in [1.807, 2.05) is 12.1 Å². The number of benzene rings is 1. The van der Waals surface area contributed by atoms with Crippen molar-refractivity contribution in [2.45, 2.75) is 19.4 Å². The van der Waals surface area contributed by atoms with Crippen LogP contribution in [0, 0.1) is 11.7 Å². The topological polar surface area (TPSA) is 57.6 Å². The first-order valence-electron chi connectivity index (χ1n) is 8.42. The predicted molar refractivity (Wildman–Crippen MR) is 94.6 cm³/mol. The van der Waals surface area contributed by atoms with Crippen molar-refractivity contribution in [3.8, 4) is 0 Å². The predicted octanol–water partition coefficient (Wildman–Crippen LogP) is 2.85. The Hall–Kier alpha value is -2.60. The van der Waals surface area contributed by atoms with E-state index in [1.165, 1.54) is 6.07 Å². The van der Waals surface area contributed by atoms with Gasteiger partial charge in [0.25, 0.3) is 5.91 Å². The second-order valence-corrected chi connectivity index (χ2v) is 6.14. The molecule has 1 saturated heterocycles. The van der Waals surface area contributed by atoms with Crippen LogP contribution in [-0.2, 0) is 6.54 Å². The molecule has 0 radical (unpaired) electrons. The molecular formula is C19H21FN4O. The lowest BCUT2D eigenvalue weighted by Crippen LogP contribution is -2.34. The van der Waals surface area contributed by atoms with Crippen molar-refractivity contribution in [3.05, 3.63) is 65.7 Å². The third-order valence-electron chi connectivity index (χ3n) is 4.33. The number of rotatable bonds is 5. The Morgan fingerprint density at radius 1 is 1.24 bits per heavy atom. The molecule has 0 saturated carbocycles. The van der Waals surface area contributed by atoms with Crippen molar-refractivity contribution in [1.29, 1.82) is 0 Å². The van der Waals surface area contributed by atoms with E-state index in [0.29, 0.717) is 18.2 Å². The molecule has 1 aliphatic heterocycles. The van der Waals surface area contributed by atoms with Gasteiger partial charge in [0.1, 0.15) is 11.5 Å². The molecule has 1 aliphatic rings. The van der Waals surface area contributed by atoms with Crippen LogP contribution in [0.1, 0.15) is 28.9 Å². The van der Waals surface area contributed by atoms with Gasteiger partial charge in [-0.25, -0.2) is 9.82 Å². The fourth-order valence-electron chi connectivity index (χ4n) is 2.88. The number of hydrogen-bond donors (Lipinski definition) is 1. The van der Waals surface area contributed by atoms with Crippen LogP contribution in [0.4, 0.5) is 4.39 Å². The molecule has 1 aromatic carbocycles. The molecule has 0 atom stereocenters. The van der Waals surface area contributed by atoms with Crippen molar-refractivity contribution >= 4 is 12.1 Å². The highest BCUT2D eigenvalue weighted by molar-refractivity contribution is 5.92. The minimum absolute atomic E-state index is 0.150. The van der Waals surface area contributed by atoms with E-state index in [0.717, 1.165) is 31.5 Å². The zero-order chi connectivity index (χ0) is 17.5. The molecule has 5 nitrogen and oxygen atoms in total. The van der Waals surface area contributed by atoms with Crippen LogP contribution in [0.2, 0.25) is 0 Å². The minimum Gasteiger partial charge on any atom is -0.299 e. The number of carbonyl (C=O) groups excluding carboxylic acids is 1. The smallest absolute Gasteiger partial charge is 0.289 e. The minimum atomic E-state index is -0.311. The molecule has 0 spiro atoms. The third-order valence-corrected chi connectivity index (χ3v) is 4.33. The monoisotopic (exact) mass is 340 g/mol. The molecule has 1 N–H and O–H groups in total. The first-order chi connectivity index (χ1) is 12.2. The number of hydrazone groups is 1. The second-order valence-electron chi connectivity index (χ2n) is 6.14. The number of aromatic nitrogens is 1. The number of nitrogens with one attached hydrogen (secondary N) is 1. The lowest BCUT2D eigenvalue weighted by molar-refractivity contribution is 0.0949. The lowest BCUT2D eigenvalue weighted by Gasteiger charge is -2.30. The van der Waals surface area contributed by atoms with Gasteiger partial charge in [0, 0.05) is 24.5 Å². The second kappa shape index (κ2) is 8.48. The van der Waals surface area contributed by atoms with Crippen LogP contribution in [-0.4, -0.2) is 35.1 Å². The number of amides is 1. The van der Waals surface area contributed by atoms with E-state index in [-0.39, 0.29) is 11.7 Å². The zero-order valence-electron chi connectivity index (χ0n) is 13.9. The summed E-state index contributed by atoms with van der Waals surface area (Å²) in [7, 11) is 0. The molecule has 2 heterocycles. The van der Waals surface area contributed by atoms with E-state index in [1.54, 1.807) is 36.7 Å². The summed E-state index contributed by atoms with van der Waals surface area (Å²) in [4.78, 5) is 18.1. The summed E-state index contributed by atoms with van der Waals surface area (Å²) in [5.74, 6) is -0.141. The fourth-order valence-corrected chi connectivity index (χ4v) is 2.88. The number of halogens is 1. The molecule has 3 rings (SSSR count). The maximum Gasteiger partial charge on any atom is 0.289 e. The van der Waals surface area contributed by atoms with E-state index < -0.39 is 0 Å². The summed E-state index contributed by atoms with van der Waals surface area (Å²) in [6.07, 6.45) is 5.25. The zero-order valence-corrected chi connectivity index (χ0v) is 13.9. The molecule has 0 bridgehead atoms. The highest BCUT2D eigenvalue weighted by Gasteiger charge is 2.18. The van der Waals surface area contributed by atoms with Crippen molar-refractivity contribution < 1.29 is 9.18 Å². The van der Waals surface area contributed by atoms with Gasteiger partial charge < -0.3 is 0 Å². The summed E-state index contributed by atoms with van der Waals surface area (Å²) in [6, 6.07) is 12.1. The van der Waals surface area contributed by atoms with Crippen molar-refractivity contribution in [3.63, 3.8) is 0 Å². The van der Waals surface area contributed by atoms with Gasteiger partial charge in [-0.1, -0.05) is 24.3 Å². The number of hydrogen-bond acceptors (Lipinski definition) is 4. The maximum absolute atomic E-state index is 13.7. The molecule has 0 aliphatic carbocycles. The van der Waals surface area contributed by atoms with Gasteiger partial charge >= 0.3 is 0 Å². The average molecular weight is 340 g/mol. The molecule has 1 fully saturated rings. The lowest BCUT2D eigenvalue weighted by atomic mass is 9.98. The number of piperidine rings is 1. The molecule has 25 heavy (non-hydrogen) atoms. The van der Waals surface area contributed by atoms with Crippen molar-refractivity contribution in [2.75, 3.05) is 13.1 Å². The average Bonchev–Trinajstić information content (AvgIpc) is 2.65. The van der Waals surface area contributed by atoms with Gasteiger partial charge in [0.05, 0.1) is 0 Å². The number of nitrogens with zero attached hydrogens (tertiary/aromatic N) is 3. The largest absolute Gasteiger partial charge is 0.299 e. The molecule has 1 aromatic heterocycles. The van der Waals surface area contributed by atoms with Crippen LogP contribution < -0.4 is 5.43 Å². The number of carbonyl (C=O) groups is 1. The summed E-state index contributed by atoms with van der Waals surface area (Å²) in [6.45, 7) is 2.41. The van der Waals surface area contributed by atoms with E-state index in [4.69, 9.17) is 0 Å². The van der Waals surface area contributed by atoms with Crippen LogP contribution in [0.25, 0.3) is 0 Å². The van der Waals surface area contributed by atoms with Crippen LogP contribution in [0.15, 0.2) is 53.8 Å². The Morgan fingerprint density at radius 2 is 2.00 bits per heavy atom. The fraction of sp³-hybridized carbons (Fsp3) is 0.316. The van der Waals surface area contributed by atoms with Gasteiger partial charge in [0.15, 0.2) is 0 Å². The molecule has 6 heteroatoms. The van der Waals surface area contributed by atoms with Crippen LogP contribution >= 0.6 is 0 Å². The van der Waals surface area contributed by atoms with Gasteiger partial charge in [-0.05, 0) is 50.0 Å². The normalized spacial score (nSPS) is 16.2. The van der Waals surface area contributed by atoms with Crippen molar-refractivity contribution in [1.82, 2.24) is 15.3 Å². The first-order valence-corrected chi connectivity index (χ1v) is 8.42. The molecule has 0 unspecified atom stereocenters. The van der Waals surface area contributed by atoms with E-state index >= 15 is 0 Å². The summed E-state index contributed by atoms with van der Waals surface area (Å²) in [5.41, 5.74) is 3.59. The van der Waals surface area contributed by atoms with Gasteiger partial charge in [0.2, 0.25) is 0 Å². The summed E-state index contributed by atoms with van der Waals surface area (Å²) in [5, 5.41) is 4.05. The first kappa shape index (κ1) is 17.2. The Kier molecular flexibility index (Phi) is 5.85. The molecule has 2 aromatic rings. The molecule has 130 valence electrons. The van der Waals surface area contributed by atoms with Gasteiger partial charge in [-0.2, -0.15) is 5.10 Å². The quantitative estimate of drug-likeness (QED) is 0.673. The SMILES string of the molecule is O=C(N/N=C/C1CCN(Cc2ccccc2F)CC1)c1ccccn1. The molecule has 1 amide bonds. The molecular weight excluding hydrogens is 319 g/mol. The number of likely N-dealkylation sites (tertiary alicyclic amines) is 1.